The van der Waals surface area contributed by atoms with Crippen molar-refractivity contribution in [2.24, 2.45) is 0 Å². The third-order valence-corrected chi connectivity index (χ3v) is 2.80. The zero-order valence-electron chi connectivity index (χ0n) is 9.29. The van der Waals surface area contributed by atoms with Gasteiger partial charge in [0.05, 0.1) is 10.3 Å². The lowest BCUT2D eigenvalue weighted by atomic mass is 9.80. The van der Waals surface area contributed by atoms with Crippen molar-refractivity contribution in [3.05, 3.63) is 39.9 Å². The van der Waals surface area contributed by atoms with E-state index >= 15 is 0 Å². The molecule has 0 saturated carbocycles. The summed E-state index contributed by atoms with van der Waals surface area (Å²) < 4.78 is 0. The Labute approximate surface area is 97.7 Å². The highest BCUT2D eigenvalue weighted by molar-refractivity contribution is 5.80. The van der Waals surface area contributed by atoms with E-state index < -0.39 is 16.3 Å². The highest BCUT2D eigenvalue weighted by atomic mass is 16.6. The number of non-ortho nitro benzene ring substituents is 1. The molecule has 0 aliphatic heterocycles. The molecule has 92 valence electrons. The average molecular weight is 239 g/mol. The molecule has 0 saturated heterocycles. The van der Waals surface area contributed by atoms with E-state index in [4.69, 9.17) is 10.2 Å². The Bertz CT molecular complexity index is 428. The molecule has 0 aromatic heterocycles. The zero-order valence-corrected chi connectivity index (χ0v) is 9.29. The van der Waals surface area contributed by atoms with Crippen LogP contribution in [-0.4, -0.2) is 27.7 Å². The molecule has 6 heteroatoms. The number of rotatable bonds is 5. The van der Waals surface area contributed by atoms with Gasteiger partial charge in [-0.1, -0.05) is 12.1 Å². The topological polar surface area (TPSA) is 101 Å². The number of aliphatic carboxylic acids is 1. The molecule has 0 aliphatic rings. The van der Waals surface area contributed by atoms with Gasteiger partial charge < -0.3 is 10.2 Å². The molecule has 0 spiro atoms. The second-order valence-electron chi connectivity index (χ2n) is 3.91. The minimum absolute atomic E-state index is 0.0557. The Kier molecular flexibility index (Phi) is 3.80. The summed E-state index contributed by atoms with van der Waals surface area (Å²) in [6.45, 7) is 1.21. The summed E-state index contributed by atoms with van der Waals surface area (Å²) in [6.07, 6.45) is 0.0557. The van der Waals surface area contributed by atoms with Crippen molar-refractivity contribution >= 4 is 11.7 Å². The molecule has 1 aromatic rings. The van der Waals surface area contributed by atoms with Crippen molar-refractivity contribution in [1.82, 2.24) is 0 Å². The van der Waals surface area contributed by atoms with Gasteiger partial charge >= 0.3 is 5.97 Å². The number of hydrogen-bond acceptors (Lipinski definition) is 4. The molecule has 1 atom stereocenters. The van der Waals surface area contributed by atoms with Gasteiger partial charge in [-0.25, -0.2) is 0 Å². The van der Waals surface area contributed by atoms with Crippen molar-refractivity contribution in [3.63, 3.8) is 0 Å². The van der Waals surface area contributed by atoms with Gasteiger partial charge in [-0.2, -0.15) is 0 Å². The van der Waals surface area contributed by atoms with Crippen molar-refractivity contribution in [3.8, 4) is 0 Å². The maximum absolute atomic E-state index is 11.2. The summed E-state index contributed by atoms with van der Waals surface area (Å²) in [5.41, 5.74) is -0.890. The van der Waals surface area contributed by atoms with E-state index in [9.17, 15) is 14.9 Å². The van der Waals surface area contributed by atoms with Gasteiger partial charge in [-0.05, 0) is 18.9 Å². The normalized spacial score (nSPS) is 14.0. The van der Waals surface area contributed by atoms with E-state index in [1.165, 1.54) is 31.2 Å². The first-order valence-electron chi connectivity index (χ1n) is 5.01. The molecule has 0 heterocycles. The summed E-state index contributed by atoms with van der Waals surface area (Å²) in [5.74, 6) is -1.07. The lowest BCUT2D eigenvalue weighted by Crippen LogP contribution is -2.33. The first-order chi connectivity index (χ1) is 7.91. The highest BCUT2D eigenvalue weighted by Crippen LogP contribution is 2.29. The Hall–Kier alpha value is -1.95. The fourth-order valence-corrected chi connectivity index (χ4v) is 1.55. The van der Waals surface area contributed by atoms with Crippen molar-refractivity contribution < 1.29 is 19.9 Å². The van der Waals surface area contributed by atoms with Gasteiger partial charge in [0.1, 0.15) is 0 Å². The lowest BCUT2D eigenvalue weighted by Gasteiger charge is -2.24. The molecule has 0 radical (unpaired) electrons. The van der Waals surface area contributed by atoms with E-state index in [0.29, 0.717) is 5.56 Å². The number of aliphatic hydroxyl groups is 1. The highest BCUT2D eigenvalue weighted by Gasteiger charge is 2.34. The van der Waals surface area contributed by atoms with Gasteiger partial charge in [0.15, 0.2) is 0 Å². The predicted octanol–water partition coefficient (Wildman–Crippen LogP) is 1.32. The van der Waals surface area contributed by atoms with Crippen LogP contribution in [0.25, 0.3) is 0 Å². The monoisotopic (exact) mass is 239 g/mol. The van der Waals surface area contributed by atoms with Crippen LogP contribution in [-0.2, 0) is 10.2 Å². The molecule has 17 heavy (non-hydrogen) atoms. The number of carboxylic acid groups (broad SMARTS) is 1. The van der Waals surface area contributed by atoms with E-state index in [1.54, 1.807) is 0 Å². The minimum atomic E-state index is -1.23. The van der Waals surface area contributed by atoms with Gasteiger partial charge in [-0.15, -0.1) is 0 Å². The van der Waals surface area contributed by atoms with Crippen molar-refractivity contribution in [1.29, 1.82) is 0 Å². The van der Waals surface area contributed by atoms with Gasteiger partial charge in [0, 0.05) is 18.7 Å². The number of carbonyl (C=O) groups is 1. The molecular formula is C11H13NO5. The standard InChI is InChI=1S/C11H13NO5/c1-11(6-7-13,10(14)15)8-2-4-9(5-3-8)12(16)17/h2-5,13H,6-7H2,1H3,(H,14,15). The summed E-state index contributed by atoms with van der Waals surface area (Å²) in [4.78, 5) is 21.1. The smallest absolute Gasteiger partial charge is 0.313 e. The largest absolute Gasteiger partial charge is 0.481 e. The van der Waals surface area contributed by atoms with Crippen LogP contribution in [0.3, 0.4) is 0 Å². The molecule has 2 N–H and O–H groups in total. The Balaban J connectivity index is 3.12. The summed E-state index contributed by atoms with van der Waals surface area (Å²) >= 11 is 0. The van der Waals surface area contributed by atoms with Crippen LogP contribution in [0.5, 0.6) is 0 Å². The van der Waals surface area contributed by atoms with E-state index in [0.717, 1.165) is 0 Å². The predicted molar refractivity (Wildman–Crippen MR) is 59.8 cm³/mol. The number of benzene rings is 1. The maximum Gasteiger partial charge on any atom is 0.313 e. The van der Waals surface area contributed by atoms with Crippen molar-refractivity contribution in [2.75, 3.05) is 6.61 Å². The van der Waals surface area contributed by atoms with Crippen LogP contribution < -0.4 is 0 Å². The zero-order chi connectivity index (χ0) is 13.1. The number of nitro groups is 1. The number of nitro benzene ring substituents is 1. The summed E-state index contributed by atoms with van der Waals surface area (Å²) in [5, 5.41) is 28.5. The van der Waals surface area contributed by atoms with E-state index in [1.807, 2.05) is 0 Å². The molecule has 1 rings (SSSR count). The fraction of sp³-hybridized carbons (Fsp3) is 0.364. The number of carboxylic acids is 1. The van der Waals surface area contributed by atoms with E-state index in [-0.39, 0.29) is 18.7 Å². The Morgan fingerprint density at radius 3 is 2.29 bits per heavy atom. The van der Waals surface area contributed by atoms with Crippen molar-refractivity contribution in [2.45, 2.75) is 18.8 Å². The van der Waals surface area contributed by atoms with E-state index in [2.05, 4.69) is 0 Å². The Morgan fingerprint density at radius 1 is 1.41 bits per heavy atom. The molecule has 6 nitrogen and oxygen atoms in total. The second kappa shape index (κ2) is 4.92. The molecule has 1 unspecified atom stereocenters. The molecule has 1 aromatic carbocycles. The van der Waals surface area contributed by atoms with Gasteiger partial charge in [0.2, 0.25) is 0 Å². The van der Waals surface area contributed by atoms with Crippen LogP contribution in [0.1, 0.15) is 18.9 Å². The third kappa shape index (κ3) is 2.59. The molecule has 0 aliphatic carbocycles. The first kappa shape index (κ1) is 13.1. The molecule has 0 fully saturated rings. The summed E-state index contributed by atoms with van der Waals surface area (Å²) in [6, 6.07) is 5.33. The van der Waals surface area contributed by atoms with Crippen LogP contribution in [0, 0.1) is 10.1 Å². The van der Waals surface area contributed by atoms with Crippen LogP contribution in [0.2, 0.25) is 0 Å². The van der Waals surface area contributed by atoms with Crippen LogP contribution >= 0.6 is 0 Å². The quantitative estimate of drug-likeness (QED) is 0.596. The number of aliphatic hydroxyl groups excluding tert-OH is 1. The first-order valence-corrected chi connectivity index (χ1v) is 5.01. The third-order valence-electron chi connectivity index (χ3n) is 2.80. The number of nitrogens with zero attached hydrogens (tertiary/aromatic N) is 1. The Morgan fingerprint density at radius 2 is 1.94 bits per heavy atom. The molecule has 0 amide bonds. The van der Waals surface area contributed by atoms with Gasteiger partial charge in [-0.3, -0.25) is 14.9 Å². The number of hydrogen-bond donors (Lipinski definition) is 2. The minimum Gasteiger partial charge on any atom is -0.481 e. The van der Waals surface area contributed by atoms with Gasteiger partial charge in [0.25, 0.3) is 5.69 Å². The average Bonchev–Trinajstić information content (AvgIpc) is 2.29. The van der Waals surface area contributed by atoms with Crippen LogP contribution in [0.15, 0.2) is 24.3 Å². The van der Waals surface area contributed by atoms with Crippen LogP contribution in [0.4, 0.5) is 5.69 Å². The second-order valence-corrected chi connectivity index (χ2v) is 3.91. The fourth-order valence-electron chi connectivity index (χ4n) is 1.55. The maximum atomic E-state index is 11.2. The SMILES string of the molecule is CC(CCO)(C(=O)O)c1ccc([N+](=O)[O-])cc1. The summed E-state index contributed by atoms with van der Waals surface area (Å²) in [7, 11) is 0. The molecule has 0 bridgehead atoms. The lowest BCUT2D eigenvalue weighted by molar-refractivity contribution is -0.384. The molecular weight excluding hydrogens is 226 g/mol.